The third-order valence-electron chi connectivity index (χ3n) is 4.21. The van der Waals surface area contributed by atoms with Gasteiger partial charge >= 0.3 is 0 Å². The van der Waals surface area contributed by atoms with Gasteiger partial charge in [-0.1, -0.05) is 17.7 Å². The largest absolute Gasteiger partial charge is 0.486 e. The molecule has 2 aliphatic rings. The van der Waals surface area contributed by atoms with Crippen LogP contribution in [0.3, 0.4) is 0 Å². The number of halogens is 1. The van der Waals surface area contributed by atoms with Crippen LogP contribution in [0.1, 0.15) is 30.0 Å². The van der Waals surface area contributed by atoms with Gasteiger partial charge in [-0.2, -0.15) is 9.64 Å². The van der Waals surface area contributed by atoms with Gasteiger partial charge in [0.1, 0.15) is 29.8 Å². The first kappa shape index (κ1) is 14.6. The lowest BCUT2D eigenvalue weighted by Crippen LogP contribution is -2.23. The quantitative estimate of drug-likeness (QED) is 0.827. The van der Waals surface area contributed by atoms with Crippen molar-refractivity contribution in [1.29, 1.82) is 5.26 Å². The first-order valence-electron chi connectivity index (χ1n) is 7.49. The average Bonchev–Trinajstić information content (AvgIpc) is 3.20. The molecule has 118 valence electrons. The Morgan fingerprint density at radius 1 is 1.30 bits per heavy atom. The maximum absolute atomic E-state index is 9.33. The van der Waals surface area contributed by atoms with Gasteiger partial charge in [-0.3, -0.25) is 0 Å². The first-order chi connectivity index (χ1) is 11.3. The van der Waals surface area contributed by atoms with Crippen LogP contribution in [0.4, 0.5) is 5.00 Å². The summed E-state index contributed by atoms with van der Waals surface area (Å²) in [6.07, 6.45) is 2.10. The van der Waals surface area contributed by atoms with Crippen LogP contribution in [0.2, 0.25) is 5.15 Å². The van der Waals surface area contributed by atoms with Crippen molar-refractivity contribution >= 4 is 28.1 Å². The van der Waals surface area contributed by atoms with E-state index in [0.29, 0.717) is 23.9 Å². The van der Waals surface area contributed by atoms with Crippen molar-refractivity contribution in [2.24, 2.45) is 0 Å². The van der Waals surface area contributed by atoms with Crippen LogP contribution < -0.4 is 14.4 Å². The van der Waals surface area contributed by atoms with Gasteiger partial charge in [0.25, 0.3) is 0 Å². The Balaban J connectivity index is 1.69. The summed E-state index contributed by atoms with van der Waals surface area (Å²) in [4.78, 5) is 2.23. The highest BCUT2D eigenvalue weighted by molar-refractivity contribution is 7.10. The third-order valence-corrected chi connectivity index (χ3v) is 5.47. The standard InChI is InChI=1S/C16H14ClN3O2S/c17-15-11(9-18)16(23-19-15)20-5-1-2-12(20)10-3-4-13-14(8-10)22-7-6-21-13/h3-4,8,12H,1-2,5-7H2/t12-/m1/s1. The SMILES string of the molecule is N#Cc1c(Cl)nsc1N1CCC[C@@H]1c1ccc2c(c1)OCCO2. The molecule has 0 spiro atoms. The fourth-order valence-electron chi connectivity index (χ4n) is 3.18. The zero-order valence-electron chi connectivity index (χ0n) is 12.3. The van der Waals surface area contributed by atoms with Crippen molar-refractivity contribution in [1.82, 2.24) is 4.37 Å². The Labute approximate surface area is 143 Å². The zero-order valence-corrected chi connectivity index (χ0v) is 13.9. The van der Waals surface area contributed by atoms with Gasteiger partial charge in [0.05, 0.1) is 6.04 Å². The van der Waals surface area contributed by atoms with Crippen LogP contribution >= 0.6 is 23.1 Å². The van der Waals surface area contributed by atoms with Crippen LogP contribution in [-0.2, 0) is 0 Å². The Hall–Kier alpha value is -1.97. The van der Waals surface area contributed by atoms with E-state index in [-0.39, 0.29) is 6.04 Å². The number of nitriles is 1. The zero-order chi connectivity index (χ0) is 15.8. The van der Waals surface area contributed by atoms with E-state index in [2.05, 4.69) is 21.4 Å². The molecule has 4 rings (SSSR count). The molecule has 0 N–H and O–H groups in total. The van der Waals surface area contributed by atoms with E-state index >= 15 is 0 Å². The normalized spacial score (nSPS) is 19.7. The lowest BCUT2D eigenvalue weighted by atomic mass is 10.0. The molecule has 0 unspecified atom stereocenters. The summed E-state index contributed by atoms with van der Waals surface area (Å²) in [6.45, 7) is 2.06. The van der Waals surface area contributed by atoms with Crippen molar-refractivity contribution < 1.29 is 9.47 Å². The lowest BCUT2D eigenvalue weighted by molar-refractivity contribution is 0.171. The number of anilines is 1. The van der Waals surface area contributed by atoms with Gasteiger partial charge in [0, 0.05) is 6.54 Å². The number of benzene rings is 1. The third kappa shape index (κ3) is 2.50. The molecule has 7 heteroatoms. The molecule has 3 heterocycles. The summed E-state index contributed by atoms with van der Waals surface area (Å²) in [5.74, 6) is 1.59. The summed E-state index contributed by atoms with van der Waals surface area (Å²) in [5, 5.41) is 10.5. The van der Waals surface area contributed by atoms with E-state index in [1.165, 1.54) is 17.1 Å². The van der Waals surface area contributed by atoms with Gasteiger partial charge in [-0.05, 0) is 42.1 Å². The smallest absolute Gasteiger partial charge is 0.162 e. The molecule has 1 aromatic heterocycles. The molecule has 2 aliphatic heterocycles. The molecule has 1 fully saturated rings. The van der Waals surface area contributed by atoms with Gasteiger partial charge in [-0.15, -0.1) is 0 Å². The summed E-state index contributed by atoms with van der Waals surface area (Å²) in [7, 11) is 0. The van der Waals surface area contributed by atoms with Gasteiger partial charge < -0.3 is 14.4 Å². The molecule has 1 aromatic carbocycles. The molecule has 1 saturated heterocycles. The predicted octanol–water partition coefficient (Wildman–Crippen LogP) is 3.78. The van der Waals surface area contributed by atoms with Crippen LogP contribution in [-0.4, -0.2) is 24.1 Å². The molecule has 5 nitrogen and oxygen atoms in total. The molecular weight excluding hydrogens is 334 g/mol. The highest BCUT2D eigenvalue weighted by Crippen LogP contribution is 2.43. The Kier molecular flexibility index (Phi) is 3.76. The van der Waals surface area contributed by atoms with Crippen LogP contribution in [0.15, 0.2) is 18.2 Å². The van der Waals surface area contributed by atoms with E-state index in [1.54, 1.807) is 0 Å². The molecule has 0 aliphatic carbocycles. The summed E-state index contributed by atoms with van der Waals surface area (Å²) in [5.41, 5.74) is 1.64. The first-order valence-corrected chi connectivity index (χ1v) is 8.64. The van der Waals surface area contributed by atoms with Gasteiger partial charge in [0.2, 0.25) is 0 Å². The summed E-state index contributed by atoms with van der Waals surface area (Å²) >= 11 is 7.32. The maximum Gasteiger partial charge on any atom is 0.162 e. The molecule has 0 saturated carbocycles. The predicted molar refractivity (Wildman–Crippen MR) is 88.6 cm³/mol. The Bertz CT molecular complexity index is 786. The minimum absolute atomic E-state index is 0.203. The maximum atomic E-state index is 9.33. The molecule has 23 heavy (non-hydrogen) atoms. The van der Waals surface area contributed by atoms with Crippen molar-refractivity contribution in [2.45, 2.75) is 18.9 Å². The van der Waals surface area contributed by atoms with E-state index in [1.807, 2.05) is 12.1 Å². The van der Waals surface area contributed by atoms with Crippen LogP contribution in [0, 0.1) is 11.3 Å². The number of aromatic nitrogens is 1. The fourth-order valence-corrected chi connectivity index (χ4v) is 4.28. The number of rotatable bonds is 2. The fraction of sp³-hybridized carbons (Fsp3) is 0.375. The van der Waals surface area contributed by atoms with E-state index in [9.17, 15) is 5.26 Å². The monoisotopic (exact) mass is 347 g/mol. The lowest BCUT2D eigenvalue weighted by Gasteiger charge is -2.27. The number of hydrogen-bond acceptors (Lipinski definition) is 6. The number of hydrogen-bond donors (Lipinski definition) is 0. The molecule has 0 radical (unpaired) electrons. The minimum Gasteiger partial charge on any atom is -0.486 e. The second kappa shape index (κ2) is 5.91. The summed E-state index contributed by atoms with van der Waals surface area (Å²) in [6, 6.07) is 8.46. The molecular formula is C16H14ClN3O2S. The average molecular weight is 348 g/mol. The van der Waals surface area contributed by atoms with Crippen LogP contribution in [0.25, 0.3) is 0 Å². The summed E-state index contributed by atoms with van der Waals surface area (Å²) < 4.78 is 15.4. The molecule has 0 amide bonds. The molecule has 0 bridgehead atoms. The van der Waals surface area contributed by atoms with E-state index < -0.39 is 0 Å². The molecule has 2 aromatic rings. The Morgan fingerprint density at radius 3 is 2.96 bits per heavy atom. The van der Waals surface area contributed by atoms with Crippen LogP contribution in [0.5, 0.6) is 11.5 Å². The second-order valence-corrected chi connectivity index (χ2v) is 6.63. The van der Waals surface area contributed by atoms with E-state index in [0.717, 1.165) is 35.9 Å². The Morgan fingerprint density at radius 2 is 2.13 bits per heavy atom. The van der Waals surface area contributed by atoms with Gasteiger partial charge in [-0.25, -0.2) is 0 Å². The van der Waals surface area contributed by atoms with Crippen molar-refractivity contribution in [3.63, 3.8) is 0 Å². The van der Waals surface area contributed by atoms with Crippen molar-refractivity contribution in [3.8, 4) is 17.6 Å². The van der Waals surface area contributed by atoms with Crippen molar-refractivity contribution in [3.05, 3.63) is 34.5 Å². The highest BCUT2D eigenvalue weighted by Gasteiger charge is 2.31. The second-order valence-electron chi connectivity index (χ2n) is 5.52. The number of nitrogens with zero attached hydrogens (tertiary/aromatic N) is 3. The van der Waals surface area contributed by atoms with E-state index in [4.69, 9.17) is 21.1 Å². The molecule has 1 atom stereocenters. The highest BCUT2D eigenvalue weighted by atomic mass is 35.5. The number of fused-ring (bicyclic) bond motifs is 1. The minimum atomic E-state index is 0.203. The topological polar surface area (TPSA) is 58.4 Å². The van der Waals surface area contributed by atoms with Crippen molar-refractivity contribution in [2.75, 3.05) is 24.7 Å². The number of ether oxygens (including phenoxy) is 2. The van der Waals surface area contributed by atoms with Gasteiger partial charge in [0.15, 0.2) is 16.7 Å².